The van der Waals surface area contributed by atoms with Crippen molar-refractivity contribution in [3.05, 3.63) is 35.9 Å². The molecule has 0 radical (unpaired) electrons. The van der Waals surface area contributed by atoms with Gasteiger partial charge in [0.1, 0.15) is 6.61 Å². The Balaban J connectivity index is 0.000000401. The minimum Gasteiger partial charge on any atom is -0.445 e. The van der Waals surface area contributed by atoms with Gasteiger partial charge in [0.25, 0.3) is 0 Å². The Labute approximate surface area is 150 Å². The van der Waals surface area contributed by atoms with E-state index < -0.39 is 0 Å². The van der Waals surface area contributed by atoms with Crippen molar-refractivity contribution in [2.75, 3.05) is 19.6 Å². The Hall–Kier alpha value is -1.59. The zero-order chi connectivity index (χ0) is 17.5. The van der Waals surface area contributed by atoms with Gasteiger partial charge in [-0.1, -0.05) is 30.3 Å². The lowest BCUT2D eigenvalue weighted by Crippen LogP contribution is -2.41. The molecule has 2 saturated carbocycles. The second kappa shape index (κ2) is 9.20. The largest absolute Gasteiger partial charge is 0.445 e. The van der Waals surface area contributed by atoms with Crippen molar-refractivity contribution in [2.45, 2.75) is 57.2 Å². The van der Waals surface area contributed by atoms with E-state index >= 15 is 0 Å². The van der Waals surface area contributed by atoms with Gasteiger partial charge in [-0.05, 0) is 56.6 Å². The first-order chi connectivity index (χ1) is 12.2. The monoisotopic (exact) mass is 345 g/mol. The first kappa shape index (κ1) is 18.2. The van der Waals surface area contributed by atoms with E-state index in [-0.39, 0.29) is 6.09 Å². The Morgan fingerprint density at radius 3 is 2.28 bits per heavy atom. The van der Waals surface area contributed by atoms with Crippen molar-refractivity contribution in [1.29, 1.82) is 0 Å². The fourth-order valence-corrected chi connectivity index (χ4v) is 2.85. The van der Waals surface area contributed by atoms with Crippen LogP contribution in [0.4, 0.5) is 4.79 Å². The molecular weight excluding hydrogens is 314 g/mol. The third-order valence-corrected chi connectivity index (χ3v) is 4.97. The Morgan fingerprint density at radius 2 is 1.72 bits per heavy atom. The van der Waals surface area contributed by atoms with Crippen molar-refractivity contribution >= 4 is 6.09 Å². The maximum Gasteiger partial charge on any atom is 0.410 e. The van der Waals surface area contributed by atoms with E-state index in [9.17, 15) is 4.79 Å². The van der Waals surface area contributed by atoms with Crippen molar-refractivity contribution in [1.82, 2.24) is 10.2 Å². The molecular formula is C20H31N3O2. The quantitative estimate of drug-likeness (QED) is 0.861. The summed E-state index contributed by atoms with van der Waals surface area (Å²) in [6.45, 7) is 3.12. The van der Waals surface area contributed by atoms with E-state index in [0.717, 1.165) is 44.1 Å². The van der Waals surface area contributed by atoms with Crippen LogP contribution in [0.15, 0.2) is 30.3 Å². The minimum atomic E-state index is -0.174. The highest BCUT2D eigenvalue weighted by Gasteiger charge is 2.26. The third-order valence-electron chi connectivity index (χ3n) is 4.97. The fraction of sp³-hybridized carbons (Fsp3) is 0.650. The summed E-state index contributed by atoms with van der Waals surface area (Å²) in [5, 5.41) is 3.58. The third kappa shape index (κ3) is 7.04. The fourth-order valence-electron chi connectivity index (χ4n) is 2.85. The summed E-state index contributed by atoms with van der Waals surface area (Å²) >= 11 is 0. The van der Waals surface area contributed by atoms with Crippen LogP contribution in [0.25, 0.3) is 0 Å². The number of benzene rings is 1. The number of carbonyl (C=O) groups is 1. The SMILES string of the molecule is NC1CC1.O=C(OCc1ccccc1)N1CCC(CNC2CC2)CC1. The van der Waals surface area contributed by atoms with Crippen LogP contribution in [0.5, 0.6) is 0 Å². The van der Waals surface area contributed by atoms with E-state index in [2.05, 4.69) is 5.32 Å². The zero-order valence-corrected chi connectivity index (χ0v) is 15.0. The van der Waals surface area contributed by atoms with Gasteiger partial charge in [-0.15, -0.1) is 0 Å². The Kier molecular flexibility index (Phi) is 6.70. The Morgan fingerprint density at radius 1 is 1.08 bits per heavy atom. The lowest BCUT2D eigenvalue weighted by atomic mass is 9.97. The van der Waals surface area contributed by atoms with Crippen molar-refractivity contribution in [2.24, 2.45) is 11.7 Å². The molecule has 3 aliphatic rings. The first-order valence-electron chi connectivity index (χ1n) is 9.65. The van der Waals surface area contributed by atoms with Gasteiger partial charge in [-0.25, -0.2) is 4.79 Å². The van der Waals surface area contributed by atoms with Crippen LogP contribution in [-0.2, 0) is 11.3 Å². The number of hydrogen-bond acceptors (Lipinski definition) is 4. The molecule has 4 rings (SSSR count). The van der Waals surface area contributed by atoms with Crippen molar-refractivity contribution < 1.29 is 9.53 Å². The number of likely N-dealkylation sites (tertiary alicyclic amines) is 1. The van der Waals surface area contributed by atoms with Gasteiger partial charge in [0.15, 0.2) is 0 Å². The molecule has 3 fully saturated rings. The van der Waals surface area contributed by atoms with Crippen LogP contribution in [0.2, 0.25) is 0 Å². The molecule has 0 unspecified atom stereocenters. The summed E-state index contributed by atoms with van der Waals surface area (Å²) < 4.78 is 5.38. The number of nitrogens with two attached hydrogens (primary N) is 1. The van der Waals surface area contributed by atoms with Crippen LogP contribution in [0.1, 0.15) is 44.1 Å². The topological polar surface area (TPSA) is 67.6 Å². The molecule has 138 valence electrons. The van der Waals surface area contributed by atoms with Crippen LogP contribution in [0, 0.1) is 5.92 Å². The molecule has 5 nitrogen and oxygen atoms in total. The average molecular weight is 345 g/mol. The molecule has 1 aromatic rings. The molecule has 0 atom stereocenters. The van der Waals surface area contributed by atoms with Crippen LogP contribution >= 0.6 is 0 Å². The standard InChI is InChI=1S/C17H24N2O2.C3H7N/c20-17(21-13-15-4-2-1-3-5-15)19-10-8-14(9-11-19)12-18-16-6-7-16;4-3-1-2-3/h1-5,14,16,18H,6-13H2;3H,1-2,4H2. The highest BCUT2D eigenvalue weighted by Crippen LogP contribution is 2.22. The minimum absolute atomic E-state index is 0.174. The van der Waals surface area contributed by atoms with E-state index in [1.54, 1.807) is 0 Å². The van der Waals surface area contributed by atoms with Gasteiger partial charge >= 0.3 is 6.09 Å². The van der Waals surface area contributed by atoms with Crippen LogP contribution < -0.4 is 11.1 Å². The zero-order valence-electron chi connectivity index (χ0n) is 15.0. The molecule has 1 amide bonds. The lowest BCUT2D eigenvalue weighted by molar-refractivity contribution is 0.0822. The van der Waals surface area contributed by atoms with E-state index in [1.807, 2.05) is 35.2 Å². The maximum absolute atomic E-state index is 12.0. The number of carbonyl (C=O) groups excluding carboxylic acids is 1. The molecule has 1 saturated heterocycles. The highest BCUT2D eigenvalue weighted by atomic mass is 16.6. The number of nitrogens with zero attached hydrogens (tertiary/aromatic N) is 1. The number of rotatable bonds is 5. The first-order valence-corrected chi connectivity index (χ1v) is 9.65. The van der Waals surface area contributed by atoms with E-state index in [1.165, 1.54) is 25.7 Å². The van der Waals surface area contributed by atoms with E-state index in [0.29, 0.717) is 18.6 Å². The predicted octanol–water partition coefficient (Wildman–Crippen LogP) is 2.89. The molecule has 0 spiro atoms. The van der Waals surface area contributed by atoms with Gasteiger partial charge in [0.05, 0.1) is 0 Å². The summed E-state index contributed by atoms with van der Waals surface area (Å²) in [6, 6.07) is 11.2. The summed E-state index contributed by atoms with van der Waals surface area (Å²) in [6.07, 6.45) is 7.20. The van der Waals surface area contributed by atoms with Crippen LogP contribution in [0.3, 0.4) is 0 Å². The highest BCUT2D eigenvalue weighted by molar-refractivity contribution is 5.67. The second-order valence-electron chi connectivity index (χ2n) is 7.49. The Bertz CT molecular complexity index is 521. The molecule has 1 aromatic carbocycles. The summed E-state index contributed by atoms with van der Waals surface area (Å²) in [5.41, 5.74) is 6.26. The summed E-state index contributed by atoms with van der Waals surface area (Å²) in [4.78, 5) is 13.9. The predicted molar refractivity (Wildman–Crippen MR) is 99.2 cm³/mol. The molecule has 1 aliphatic heterocycles. The number of ether oxygens (including phenoxy) is 1. The van der Waals surface area contributed by atoms with Gasteiger partial charge in [-0.3, -0.25) is 0 Å². The molecule has 3 N–H and O–H groups in total. The van der Waals surface area contributed by atoms with Gasteiger partial charge in [0, 0.05) is 25.2 Å². The molecule has 5 heteroatoms. The maximum atomic E-state index is 12.0. The molecule has 1 heterocycles. The lowest BCUT2D eigenvalue weighted by Gasteiger charge is -2.31. The van der Waals surface area contributed by atoms with Gasteiger partial charge in [0.2, 0.25) is 0 Å². The smallest absolute Gasteiger partial charge is 0.410 e. The van der Waals surface area contributed by atoms with Gasteiger partial charge < -0.3 is 20.7 Å². The number of amides is 1. The molecule has 0 bridgehead atoms. The van der Waals surface area contributed by atoms with Gasteiger partial charge in [-0.2, -0.15) is 0 Å². The molecule has 0 aromatic heterocycles. The molecule has 2 aliphatic carbocycles. The molecule has 25 heavy (non-hydrogen) atoms. The number of piperidine rings is 1. The van der Waals surface area contributed by atoms with E-state index in [4.69, 9.17) is 10.5 Å². The normalized spacial score (nSPS) is 20.6. The van der Waals surface area contributed by atoms with Crippen molar-refractivity contribution in [3.63, 3.8) is 0 Å². The average Bonchev–Trinajstić information content (AvgIpc) is 3.57. The van der Waals surface area contributed by atoms with Crippen molar-refractivity contribution in [3.8, 4) is 0 Å². The van der Waals surface area contributed by atoms with Crippen LogP contribution in [-0.4, -0.2) is 42.7 Å². The summed E-state index contributed by atoms with van der Waals surface area (Å²) in [5.74, 6) is 0.712. The number of hydrogen-bond donors (Lipinski definition) is 2. The summed E-state index contributed by atoms with van der Waals surface area (Å²) in [7, 11) is 0. The second-order valence-corrected chi connectivity index (χ2v) is 7.49. The number of nitrogens with one attached hydrogen (secondary N) is 1.